The van der Waals surface area contributed by atoms with Crippen molar-refractivity contribution in [1.29, 1.82) is 0 Å². The standard InChI is InChI=1S/C5H8O3/c1-3(4(2)6)5(7)8/h6H,1-2H3,(H,7,8)/b4-3-. The van der Waals surface area contributed by atoms with Gasteiger partial charge in [-0.05, 0) is 13.8 Å². The van der Waals surface area contributed by atoms with E-state index < -0.39 is 5.97 Å². The van der Waals surface area contributed by atoms with E-state index in [0.717, 1.165) is 0 Å². The topological polar surface area (TPSA) is 57.5 Å². The lowest BCUT2D eigenvalue weighted by Crippen LogP contribution is -1.98. The summed E-state index contributed by atoms with van der Waals surface area (Å²) in [5, 5.41) is 16.6. The molecule has 3 nitrogen and oxygen atoms in total. The maximum atomic E-state index is 9.92. The molecule has 0 saturated carbocycles. The molecule has 8 heavy (non-hydrogen) atoms. The van der Waals surface area contributed by atoms with Crippen molar-refractivity contribution in [2.75, 3.05) is 0 Å². The van der Waals surface area contributed by atoms with Crippen LogP contribution in [0.25, 0.3) is 0 Å². The number of aliphatic hydroxyl groups is 1. The monoisotopic (exact) mass is 116 g/mol. The van der Waals surface area contributed by atoms with Crippen LogP contribution in [0, 0.1) is 0 Å². The highest BCUT2D eigenvalue weighted by atomic mass is 16.4. The number of hydrogen-bond donors (Lipinski definition) is 2. The minimum Gasteiger partial charge on any atom is -0.512 e. The van der Waals surface area contributed by atoms with E-state index in [0.29, 0.717) is 0 Å². The van der Waals surface area contributed by atoms with Gasteiger partial charge in [-0.1, -0.05) is 0 Å². The summed E-state index contributed by atoms with van der Waals surface area (Å²) >= 11 is 0. The molecule has 0 heterocycles. The van der Waals surface area contributed by atoms with Gasteiger partial charge in [0.25, 0.3) is 0 Å². The van der Waals surface area contributed by atoms with E-state index in [2.05, 4.69) is 0 Å². The summed E-state index contributed by atoms with van der Waals surface area (Å²) in [4.78, 5) is 9.92. The van der Waals surface area contributed by atoms with E-state index in [9.17, 15) is 4.79 Å². The Balaban J connectivity index is 4.23. The Labute approximate surface area is 47.3 Å². The summed E-state index contributed by atoms with van der Waals surface area (Å²) in [7, 11) is 0. The first kappa shape index (κ1) is 7.01. The SMILES string of the molecule is C/C(O)=C(\C)C(=O)O. The third-order valence-corrected chi connectivity index (χ3v) is 0.864. The highest BCUT2D eigenvalue weighted by Crippen LogP contribution is 1.97. The van der Waals surface area contributed by atoms with Crippen LogP contribution in [0.4, 0.5) is 0 Å². The summed E-state index contributed by atoms with van der Waals surface area (Å²) in [6.45, 7) is 2.68. The number of carbonyl (C=O) groups is 1. The molecule has 0 aromatic carbocycles. The predicted molar refractivity (Wildman–Crippen MR) is 28.6 cm³/mol. The van der Waals surface area contributed by atoms with Crippen LogP contribution in [-0.2, 0) is 4.79 Å². The molecule has 0 aliphatic rings. The molecule has 0 aliphatic carbocycles. The second-order valence-corrected chi connectivity index (χ2v) is 1.52. The molecule has 0 unspecified atom stereocenters. The first-order chi connectivity index (χ1) is 3.55. The lowest BCUT2D eigenvalue weighted by molar-refractivity contribution is -0.132. The van der Waals surface area contributed by atoms with Crippen LogP contribution in [0.2, 0.25) is 0 Å². The van der Waals surface area contributed by atoms with E-state index in [1.165, 1.54) is 13.8 Å². The largest absolute Gasteiger partial charge is 0.512 e. The van der Waals surface area contributed by atoms with Crippen LogP contribution in [0.15, 0.2) is 11.3 Å². The van der Waals surface area contributed by atoms with Crippen molar-refractivity contribution in [2.24, 2.45) is 0 Å². The van der Waals surface area contributed by atoms with Gasteiger partial charge in [-0.25, -0.2) is 4.79 Å². The second-order valence-electron chi connectivity index (χ2n) is 1.52. The van der Waals surface area contributed by atoms with Gasteiger partial charge in [0.1, 0.15) is 0 Å². The maximum Gasteiger partial charge on any atom is 0.334 e. The van der Waals surface area contributed by atoms with Gasteiger partial charge in [0.05, 0.1) is 11.3 Å². The fraction of sp³-hybridized carbons (Fsp3) is 0.400. The van der Waals surface area contributed by atoms with E-state index >= 15 is 0 Å². The summed E-state index contributed by atoms with van der Waals surface area (Å²) in [6, 6.07) is 0. The van der Waals surface area contributed by atoms with Crippen LogP contribution in [0.5, 0.6) is 0 Å². The van der Waals surface area contributed by atoms with Crippen LogP contribution in [-0.4, -0.2) is 16.2 Å². The van der Waals surface area contributed by atoms with Gasteiger partial charge in [0.15, 0.2) is 0 Å². The molecule has 0 spiro atoms. The number of rotatable bonds is 1. The van der Waals surface area contributed by atoms with Crippen molar-refractivity contribution in [3.8, 4) is 0 Å². The zero-order valence-electron chi connectivity index (χ0n) is 4.80. The van der Waals surface area contributed by atoms with Crippen LogP contribution >= 0.6 is 0 Å². The highest BCUT2D eigenvalue weighted by molar-refractivity contribution is 5.86. The molecule has 0 atom stereocenters. The number of hydrogen-bond acceptors (Lipinski definition) is 2. The molecule has 46 valence electrons. The Morgan fingerprint density at radius 2 is 1.62 bits per heavy atom. The van der Waals surface area contributed by atoms with Crippen molar-refractivity contribution in [3.63, 3.8) is 0 Å². The Bertz CT molecular complexity index is 131. The van der Waals surface area contributed by atoms with Gasteiger partial charge in [-0.15, -0.1) is 0 Å². The molecule has 3 heteroatoms. The van der Waals surface area contributed by atoms with Gasteiger partial charge in [0.2, 0.25) is 0 Å². The molecular weight excluding hydrogens is 108 g/mol. The molecule has 0 saturated heterocycles. The third kappa shape index (κ3) is 1.64. The summed E-state index contributed by atoms with van der Waals surface area (Å²) in [5.74, 6) is -1.22. The zero-order valence-corrected chi connectivity index (χ0v) is 4.80. The van der Waals surface area contributed by atoms with Gasteiger partial charge in [0, 0.05) is 0 Å². The zero-order chi connectivity index (χ0) is 6.73. The Hall–Kier alpha value is -0.990. The number of aliphatic hydroxyl groups excluding tert-OH is 1. The molecule has 0 bridgehead atoms. The number of allylic oxidation sites excluding steroid dienone is 1. The van der Waals surface area contributed by atoms with E-state index in [-0.39, 0.29) is 11.3 Å². The minimum absolute atomic E-state index is 0.00926. The summed E-state index contributed by atoms with van der Waals surface area (Å²) in [5.41, 5.74) is -0.00926. The first-order valence-corrected chi connectivity index (χ1v) is 2.15. The molecule has 2 N–H and O–H groups in total. The molecule has 0 aliphatic heterocycles. The molecule has 0 aromatic rings. The van der Waals surface area contributed by atoms with Gasteiger partial charge in [-0.3, -0.25) is 0 Å². The Kier molecular flexibility index (Phi) is 2.06. The first-order valence-electron chi connectivity index (χ1n) is 2.15. The average Bonchev–Trinajstić information content (AvgIpc) is 1.64. The Morgan fingerprint density at radius 3 is 1.62 bits per heavy atom. The molecule has 0 radical (unpaired) electrons. The van der Waals surface area contributed by atoms with Crippen molar-refractivity contribution in [1.82, 2.24) is 0 Å². The van der Waals surface area contributed by atoms with Gasteiger partial charge in [-0.2, -0.15) is 0 Å². The van der Waals surface area contributed by atoms with Crippen LogP contribution in [0.1, 0.15) is 13.8 Å². The molecule has 0 aromatic heterocycles. The quantitative estimate of drug-likeness (QED) is 0.395. The molecule has 0 rings (SSSR count). The van der Waals surface area contributed by atoms with E-state index in [1.807, 2.05) is 0 Å². The fourth-order valence-corrected chi connectivity index (χ4v) is 0.155. The number of aliphatic carboxylic acids is 1. The fourth-order valence-electron chi connectivity index (χ4n) is 0.155. The summed E-state index contributed by atoms with van der Waals surface area (Å²) < 4.78 is 0. The van der Waals surface area contributed by atoms with Gasteiger partial charge >= 0.3 is 5.97 Å². The third-order valence-electron chi connectivity index (χ3n) is 0.864. The van der Waals surface area contributed by atoms with E-state index in [4.69, 9.17) is 10.2 Å². The smallest absolute Gasteiger partial charge is 0.334 e. The maximum absolute atomic E-state index is 9.92. The predicted octanol–water partition coefficient (Wildman–Crippen LogP) is 0.923. The molecule has 0 amide bonds. The average molecular weight is 116 g/mol. The highest BCUT2D eigenvalue weighted by Gasteiger charge is 2.01. The Morgan fingerprint density at radius 1 is 1.25 bits per heavy atom. The minimum atomic E-state index is -1.08. The lowest BCUT2D eigenvalue weighted by atomic mass is 10.3. The summed E-state index contributed by atoms with van der Waals surface area (Å²) in [6.07, 6.45) is 0. The lowest BCUT2D eigenvalue weighted by Gasteiger charge is -1.91. The van der Waals surface area contributed by atoms with Crippen molar-refractivity contribution in [3.05, 3.63) is 11.3 Å². The van der Waals surface area contributed by atoms with E-state index in [1.54, 1.807) is 0 Å². The van der Waals surface area contributed by atoms with Crippen molar-refractivity contribution in [2.45, 2.75) is 13.8 Å². The number of carboxylic acids is 1. The second kappa shape index (κ2) is 2.35. The normalized spacial score (nSPS) is 12.8. The van der Waals surface area contributed by atoms with Crippen molar-refractivity contribution >= 4 is 5.97 Å². The molecule has 0 fully saturated rings. The molecular formula is C5H8O3. The van der Waals surface area contributed by atoms with Crippen LogP contribution < -0.4 is 0 Å². The van der Waals surface area contributed by atoms with Crippen LogP contribution in [0.3, 0.4) is 0 Å². The van der Waals surface area contributed by atoms with Gasteiger partial charge < -0.3 is 10.2 Å². The van der Waals surface area contributed by atoms with Crippen molar-refractivity contribution < 1.29 is 15.0 Å². The number of carboxylic acid groups (broad SMARTS) is 1.